The molecule has 0 saturated carbocycles. The number of nitrogens with zero attached hydrogens (tertiary/aromatic N) is 2. The minimum Gasteiger partial charge on any atom is -0.495 e. The Bertz CT molecular complexity index is 569. The van der Waals surface area contributed by atoms with E-state index in [1.807, 2.05) is 0 Å². The SMILES string of the molecule is COc1ccc(-c2nc(CN)co2)cc1C#N. The number of benzene rings is 1. The molecule has 5 nitrogen and oxygen atoms in total. The van der Waals surface area contributed by atoms with Gasteiger partial charge in [-0.05, 0) is 18.2 Å². The van der Waals surface area contributed by atoms with Crippen LogP contribution in [0.15, 0.2) is 28.9 Å². The third kappa shape index (κ3) is 2.12. The molecule has 0 unspecified atom stereocenters. The Morgan fingerprint density at radius 1 is 1.53 bits per heavy atom. The Morgan fingerprint density at radius 2 is 2.35 bits per heavy atom. The van der Waals surface area contributed by atoms with Crippen LogP contribution in [0.2, 0.25) is 0 Å². The van der Waals surface area contributed by atoms with E-state index in [-0.39, 0.29) is 0 Å². The third-order valence-electron chi connectivity index (χ3n) is 2.33. The average molecular weight is 229 g/mol. The number of nitrogens with two attached hydrogens (primary N) is 1. The Morgan fingerprint density at radius 3 is 2.94 bits per heavy atom. The van der Waals surface area contributed by atoms with Gasteiger partial charge in [0.2, 0.25) is 5.89 Å². The first-order valence-electron chi connectivity index (χ1n) is 5.01. The van der Waals surface area contributed by atoms with Gasteiger partial charge in [-0.1, -0.05) is 0 Å². The van der Waals surface area contributed by atoms with Crippen LogP contribution >= 0.6 is 0 Å². The van der Waals surface area contributed by atoms with Crippen molar-refractivity contribution in [3.05, 3.63) is 35.7 Å². The molecule has 0 aliphatic carbocycles. The van der Waals surface area contributed by atoms with Crippen LogP contribution in [0.3, 0.4) is 0 Å². The van der Waals surface area contributed by atoms with Crippen LogP contribution in [0.4, 0.5) is 0 Å². The summed E-state index contributed by atoms with van der Waals surface area (Å²) in [7, 11) is 1.52. The highest BCUT2D eigenvalue weighted by Gasteiger charge is 2.09. The van der Waals surface area contributed by atoms with Crippen molar-refractivity contribution in [2.45, 2.75) is 6.54 Å². The number of rotatable bonds is 3. The number of methoxy groups -OCH3 is 1. The van der Waals surface area contributed by atoms with Crippen LogP contribution in [0.5, 0.6) is 5.75 Å². The summed E-state index contributed by atoms with van der Waals surface area (Å²) in [5.74, 6) is 0.978. The predicted molar refractivity (Wildman–Crippen MR) is 61.1 cm³/mol. The number of nitriles is 1. The zero-order valence-corrected chi connectivity index (χ0v) is 9.30. The first-order chi connectivity index (χ1) is 8.28. The van der Waals surface area contributed by atoms with Crippen LogP contribution in [0, 0.1) is 11.3 Å². The predicted octanol–water partition coefficient (Wildman–Crippen LogP) is 1.68. The Hall–Kier alpha value is -2.32. The normalized spacial score (nSPS) is 9.94. The molecule has 2 aromatic rings. The second-order valence-corrected chi connectivity index (χ2v) is 3.37. The molecule has 0 radical (unpaired) electrons. The molecule has 0 atom stereocenters. The summed E-state index contributed by atoms with van der Waals surface area (Å²) in [5.41, 5.74) is 7.29. The number of aromatic nitrogens is 1. The van der Waals surface area contributed by atoms with Gasteiger partial charge in [-0.25, -0.2) is 4.98 Å². The lowest BCUT2D eigenvalue weighted by molar-refractivity contribution is 0.413. The second kappa shape index (κ2) is 4.68. The highest BCUT2D eigenvalue weighted by molar-refractivity contribution is 5.60. The molecule has 2 N–H and O–H groups in total. The van der Waals surface area contributed by atoms with Crippen LogP contribution in [-0.4, -0.2) is 12.1 Å². The van der Waals surface area contributed by atoms with E-state index < -0.39 is 0 Å². The van der Waals surface area contributed by atoms with Gasteiger partial charge in [0.1, 0.15) is 18.1 Å². The Kier molecular flexibility index (Phi) is 3.08. The molecule has 86 valence electrons. The zero-order chi connectivity index (χ0) is 12.3. The molecule has 0 aliphatic heterocycles. The standard InChI is InChI=1S/C12H11N3O2/c1-16-11-3-2-8(4-9(11)5-13)12-15-10(6-14)7-17-12/h2-4,7H,6,14H2,1H3. The molecule has 5 heteroatoms. The van der Waals surface area contributed by atoms with E-state index in [1.54, 1.807) is 18.2 Å². The molecule has 1 heterocycles. The summed E-state index contributed by atoms with van der Waals surface area (Å²) < 4.78 is 10.3. The molecule has 1 aromatic heterocycles. The van der Waals surface area contributed by atoms with Gasteiger partial charge in [0.15, 0.2) is 0 Å². The minimum atomic E-state index is 0.324. The van der Waals surface area contributed by atoms with Gasteiger partial charge >= 0.3 is 0 Å². The lowest BCUT2D eigenvalue weighted by Gasteiger charge is -2.03. The van der Waals surface area contributed by atoms with E-state index in [4.69, 9.17) is 20.1 Å². The van der Waals surface area contributed by atoms with Crippen molar-refractivity contribution in [2.75, 3.05) is 7.11 Å². The van der Waals surface area contributed by atoms with Crippen molar-refractivity contribution in [3.8, 4) is 23.3 Å². The largest absolute Gasteiger partial charge is 0.495 e. The lowest BCUT2D eigenvalue weighted by atomic mass is 10.1. The van der Waals surface area contributed by atoms with Crippen molar-refractivity contribution < 1.29 is 9.15 Å². The summed E-state index contributed by atoms with van der Waals surface area (Å²) in [6, 6.07) is 7.22. The van der Waals surface area contributed by atoms with Gasteiger partial charge in [-0.15, -0.1) is 0 Å². The zero-order valence-electron chi connectivity index (χ0n) is 9.30. The monoisotopic (exact) mass is 229 g/mol. The highest BCUT2D eigenvalue weighted by Crippen LogP contribution is 2.25. The van der Waals surface area contributed by atoms with Gasteiger partial charge in [-0.3, -0.25) is 0 Å². The molecule has 0 amide bonds. The summed E-state index contributed by atoms with van der Waals surface area (Å²) in [6.07, 6.45) is 1.51. The van der Waals surface area contributed by atoms with Crippen molar-refractivity contribution in [3.63, 3.8) is 0 Å². The molecule has 0 fully saturated rings. The number of ether oxygens (including phenoxy) is 1. The van der Waals surface area contributed by atoms with E-state index in [1.165, 1.54) is 13.4 Å². The van der Waals surface area contributed by atoms with E-state index in [0.717, 1.165) is 5.56 Å². The quantitative estimate of drug-likeness (QED) is 0.865. The van der Waals surface area contributed by atoms with Crippen molar-refractivity contribution >= 4 is 0 Å². The fraction of sp³-hybridized carbons (Fsp3) is 0.167. The summed E-state index contributed by atoms with van der Waals surface area (Å²) in [4.78, 5) is 4.19. The molecule has 1 aromatic carbocycles. The first kappa shape index (κ1) is 11.2. The van der Waals surface area contributed by atoms with Crippen LogP contribution < -0.4 is 10.5 Å². The average Bonchev–Trinajstić information content (AvgIpc) is 2.86. The maximum atomic E-state index is 8.97. The molecule has 17 heavy (non-hydrogen) atoms. The lowest BCUT2D eigenvalue weighted by Crippen LogP contribution is -1.95. The summed E-state index contributed by atoms with van der Waals surface area (Å²) in [6.45, 7) is 0.324. The molecule has 0 spiro atoms. The van der Waals surface area contributed by atoms with Gasteiger partial charge in [0, 0.05) is 12.1 Å². The maximum absolute atomic E-state index is 8.97. The van der Waals surface area contributed by atoms with Crippen molar-refractivity contribution in [1.82, 2.24) is 4.98 Å². The molecule has 0 saturated heterocycles. The van der Waals surface area contributed by atoms with E-state index in [9.17, 15) is 0 Å². The van der Waals surface area contributed by atoms with Crippen LogP contribution in [0.1, 0.15) is 11.3 Å². The fourth-order valence-electron chi connectivity index (χ4n) is 1.46. The minimum absolute atomic E-state index is 0.324. The number of hydrogen-bond donors (Lipinski definition) is 1. The van der Waals surface area contributed by atoms with Crippen LogP contribution in [-0.2, 0) is 6.54 Å². The smallest absolute Gasteiger partial charge is 0.226 e. The molecule has 0 aliphatic rings. The topological polar surface area (TPSA) is 85.1 Å². The van der Waals surface area contributed by atoms with E-state index in [2.05, 4.69) is 11.1 Å². The van der Waals surface area contributed by atoms with Crippen molar-refractivity contribution in [2.24, 2.45) is 5.73 Å². The van der Waals surface area contributed by atoms with Crippen LogP contribution in [0.25, 0.3) is 11.5 Å². The summed E-state index contributed by atoms with van der Waals surface area (Å²) >= 11 is 0. The van der Waals surface area contributed by atoms with Gasteiger partial charge in [0.05, 0.1) is 18.4 Å². The van der Waals surface area contributed by atoms with E-state index in [0.29, 0.717) is 29.4 Å². The maximum Gasteiger partial charge on any atom is 0.226 e. The molecular formula is C12H11N3O2. The number of oxazole rings is 1. The summed E-state index contributed by atoms with van der Waals surface area (Å²) in [5, 5.41) is 8.97. The molecule has 0 bridgehead atoms. The fourth-order valence-corrected chi connectivity index (χ4v) is 1.46. The van der Waals surface area contributed by atoms with Gasteiger partial charge < -0.3 is 14.9 Å². The Balaban J connectivity index is 2.43. The van der Waals surface area contributed by atoms with Gasteiger partial charge in [-0.2, -0.15) is 5.26 Å². The van der Waals surface area contributed by atoms with E-state index >= 15 is 0 Å². The second-order valence-electron chi connectivity index (χ2n) is 3.37. The molecule has 2 rings (SSSR count). The first-order valence-corrected chi connectivity index (χ1v) is 5.01. The third-order valence-corrected chi connectivity index (χ3v) is 2.33. The Labute approximate surface area is 98.4 Å². The highest BCUT2D eigenvalue weighted by atomic mass is 16.5. The number of hydrogen-bond acceptors (Lipinski definition) is 5. The van der Waals surface area contributed by atoms with Crippen molar-refractivity contribution in [1.29, 1.82) is 5.26 Å². The van der Waals surface area contributed by atoms with Gasteiger partial charge in [0.25, 0.3) is 0 Å². The molecular weight excluding hydrogens is 218 g/mol.